The first-order chi connectivity index (χ1) is 54.1. The summed E-state index contributed by atoms with van der Waals surface area (Å²) >= 11 is 0. The minimum absolute atomic E-state index is 0.000278. The summed E-state index contributed by atoms with van der Waals surface area (Å²) in [6, 6.07) is -0.681. The summed E-state index contributed by atoms with van der Waals surface area (Å²) in [5.41, 5.74) is 8.79. The topological polar surface area (TPSA) is 732 Å². The third kappa shape index (κ3) is 136. The SMILES string of the molecule is CCC(N)C(=O)O.CCCCCCCCCO[N+](C)(C)CCCCS(=O)(=O)[O-].CCCCCCO[N+](C)(C)CCCCS(=O)(=O)[O-].C[N+](C)(CCO)CC(=O)[O-].C[N+](C)(CCO)CCCCS(=O)(=O)[O-].C[N+](C)(CCO)CCCS(=O)(=O)[O-].C[NH+](CCO)CCC(=O)[O-].NCCOS(=O)(=O)O.O=S(=O)(O)CCCC(CO)(CO)CO.O=S(=O)=O. The molecule has 0 spiro atoms. The van der Waals surface area contributed by atoms with Gasteiger partial charge < -0.3 is 109 Å². The maximum atomic E-state index is 10.5. The van der Waals surface area contributed by atoms with Crippen molar-refractivity contribution in [1.82, 2.24) is 0 Å². The number of likely N-dealkylation sites (N-methyl/N-ethyl adjacent to an activating group) is 4. The number of quaternary nitrogens is 6. The highest BCUT2D eigenvalue weighted by molar-refractivity contribution is 7.86. The quantitative estimate of drug-likeness (QED) is 0.0117. The van der Waals surface area contributed by atoms with Crippen molar-refractivity contribution in [2.75, 3.05) is 244 Å². The van der Waals surface area contributed by atoms with Crippen molar-refractivity contribution in [3.63, 3.8) is 0 Å². The van der Waals surface area contributed by atoms with Gasteiger partial charge in [0.05, 0.1) is 202 Å². The van der Waals surface area contributed by atoms with Gasteiger partial charge in [0.25, 0.3) is 10.1 Å². The number of rotatable bonds is 59. The van der Waals surface area contributed by atoms with E-state index in [4.69, 9.17) is 83.7 Å². The average molecular weight is 1890 g/mol. The lowest BCUT2D eigenvalue weighted by molar-refractivity contribution is -1.08. The van der Waals surface area contributed by atoms with Crippen LogP contribution in [0.2, 0.25) is 0 Å². The minimum Gasteiger partial charge on any atom is -0.748 e. The number of hydrogen-bond donors (Lipinski definition) is 13. The number of hydrogen-bond acceptors (Lipinski definition) is 36. The van der Waals surface area contributed by atoms with Crippen LogP contribution in [0.5, 0.6) is 0 Å². The summed E-state index contributed by atoms with van der Waals surface area (Å²) in [5.74, 6) is -4.63. The molecule has 0 heterocycles. The number of hydroxylamine groups is 6. The zero-order chi connectivity index (χ0) is 95.5. The molecule has 0 aromatic heterocycles. The van der Waals surface area contributed by atoms with Crippen LogP contribution in [-0.2, 0) is 99.8 Å². The number of nitrogens with two attached hydrogens (primary N) is 2. The Bertz CT molecular complexity index is 3280. The monoisotopic (exact) mass is 1890 g/mol. The van der Waals surface area contributed by atoms with Gasteiger partial charge >= 0.3 is 27.0 Å². The molecule has 726 valence electrons. The molecule has 0 aliphatic rings. The van der Waals surface area contributed by atoms with Gasteiger partial charge in [0, 0.05) is 66.6 Å². The molecule has 0 aromatic carbocycles. The lowest BCUT2D eigenvalue weighted by atomic mass is 9.86. The molecule has 52 heteroatoms. The summed E-state index contributed by atoms with van der Waals surface area (Å²) in [4.78, 5) is 42.3. The maximum absolute atomic E-state index is 10.5. The molecule has 0 radical (unpaired) electrons. The van der Waals surface area contributed by atoms with Crippen LogP contribution in [0.4, 0.5) is 0 Å². The summed E-state index contributed by atoms with van der Waals surface area (Å²) in [6.07, 6.45) is 17.9. The Kier molecular flexibility index (Phi) is 89.7. The number of aliphatic hydroxyl groups is 7. The third-order valence-electron chi connectivity index (χ3n) is 16.1. The highest BCUT2D eigenvalue weighted by Gasteiger charge is 2.28. The van der Waals surface area contributed by atoms with E-state index in [0.29, 0.717) is 109 Å². The number of unbranched alkanes of at least 4 members (excludes halogenated alkanes) is 12. The number of carbonyl (C=O) groups excluding carboxylic acids is 2. The van der Waals surface area contributed by atoms with Gasteiger partial charge in [-0.2, -0.15) is 26.1 Å². The van der Waals surface area contributed by atoms with Crippen LogP contribution in [-0.4, -0.2) is 422 Å². The van der Waals surface area contributed by atoms with Crippen LogP contribution in [0.25, 0.3) is 0 Å². The first-order valence-electron chi connectivity index (χ1n) is 38.7. The van der Waals surface area contributed by atoms with E-state index in [9.17, 15) is 93.3 Å². The van der Waals surface area contributed by atoms with E-state index >= 15 is 0 Å². The molecular weight excluding hydrogens is 1730 g/mol. The fourth-order valence-electron chi connectivity index (χ4n) is 8.81. The van der Waals surface area contributed by atoms with Gasteiger partial charge in [0.2, 0.25) is 0 Å². The molecule has 0 bridgehead atoms. The van der Waals surface area contributed by atoms with Crippen LogP contribution in [0.1, 0.15) is 162 Å². The zero-order valence-corrected chi connectivity index (χ0v) is 78.5. The van der Waals surface area contributed by atoms with E-state index in [-0.39, 0.29) is 92.9 Å². The van der Waals surface area contributed by atoms with Crippen molar-refractivity contribution in [2.45, 2.75) is 168 Å². The van der Waals surface area contributed by atoms with Crippen molar-refractivity contribution in [3.05, 3.63) is 0 Å². The number of carbonyl (C=O) groups is 3. The van der Waals surface area contributed by atoms with Crippen molar-refractivity contribution < 1.29 is 197 Å². The van der Waals surface area contributed by atoms with Gasteiger partial charge in [-0.05, 0) is 57.8 Å². The number of aliphatic carboxylic acids is 3. The van der Waals surface area contributed by atoms with Crippen LogP contribution in [0, 0.1) is 5.41 Å². The van der Waals surface area contributed by atoms with Crippen LogP contribution in [0.15, 0.2) is 0 Å². The van der Waals surface area contributed by atoms with E-state index in [1.54, 1.807) is 21.0 Å². The molecule has 45 nitrogen and oxygen atoms in total. The maximum Gasteiger partial charge on any atom is 0.425 e. The van der Waals surface area contributed by atoms with E-state index in [0.717, 1.165) is 50.6 Å². The van der Waals surface area contributed by atoms with E-state index in [2.05, 4.69) is 18.0 Å². The number of aliphatic hydroxyl groups excluding tert-OH is 7. The van der Waals surface area contributed by atoms with E-state index < -0.39 is 127 Å². The molecule has 0 aromatic rings. The predicted molar refractivity (Wildman–Crippen MR) is 435 cm³/mol. The zero-order valence-electron chi connectivity index (χ0n) is 72.8. The van der Waals surface area contributed by atoms with Gasteiger partial charge in [0.1, 0.15) is 65.1 Å². The Morgan fingerprint density at radius 1 is 0.445 bits per heavy atom. The summed E-state index contributed by atoms with van der Waals surface area (Å²) in [5, 5.41) is 89.0. The lowest BCUT2D eigenvalue weighted by Gasteiger charge is -2.29. The Morgan fingerprint density at radius 2 is 0.773 bits per heavy atom. The summed E-state index contributed by atoms with van der Waals surface area (Å²) < 4.78 is 212. The smallest absolute Gasteiger partial charge is 0.425 e. The molecule has 0 rings (SSSR count). The molecular formula is C67H154N8O37S7. The number of nitrogens with zero attached hydrogens (tertiary/aromatic N) is 5. The van der Waals surface area contributed by atoms with Crippen LogP contribution >= 0.6 is 0 Å². The largest absolute Gasteiger partial charge is 0.748 e. The number of nitrogens with one attached hydrogen (secondary N) is 1. The molecule has 0 aliphatic carbocycles. The number of carboxylic acids is 3. The fourth-order valence-corrected chi connectivity index (χ4v) is 11.8. The Hall–Kier alpha value is -3.23. The molecule has 15 N–H and O–H groups in total. The van der Waals surface area contributed by atoms with Gasteiger partial charge in [-0.15, -0.1) is 12.6 Å². The molecule has 119 heavy (non-hydrogen) atoms. The highest BCUT2D eigenvalue weighted by atomic mass is 32.3. The Balaban J connectivity index is -0.000000142. The molecule has 2 atom stereocenters. The molecule has 0 saturated carbocycles. The van der Waals surface area contributed by atoms with Crippen molar-refractivity contribution in [2.24, 2.45) is 16.9 Å². The van der Waals surface area contributed by atoms with Crippen LogP contribution < -0.4 is 26.6 Å². The van der Waals surface area contributed by atoms with Gasteiger partial charge in [-0.3, -0.25) is 13.9 Å². The Morgan fingerprint density at radius 3 is 1.04 bits per heavy atom. The highest BCUT2D eigenvalue weighted by Crippen LogP contribution is 2.22. The predicted octanol–water partition coefficient (Wildman–Crippen LogP) is -6.03. The second kappa shape index (κ2) is 78.3. The van der Waals surface area contributed by atoms with Gasteiger partial charge in [-0.1, -0.05) is 78.6 Å². The summed E-state index contributed by atoms with van der Waals surface area (Å²) in [6.45, 7) is 12.0. The summed E-state index contributed by atoms with van der Waals surface area (Å²) in [7, 11) is -6.87. The van der Waals surface area contributed by atoms with Gasteiger partial charge in [0.15, 0.2) is 0 Å². The van der Waals surface area contributed by atoms with Crippen molar-refractivity contribution in [1.29, 1.82) is 0 Å². The second-order valence-corrected chi connectivity index (χ2v) is 39.5. The molecule has 0 saturated heterocycles. The molecule has 2 unspecified atom stereocenters. The Labute approximate surface area is 712 Å². The second-order valence-electron chi connectivity index (χ2n) is 30.4. The van der Waals surface area contributed by atoms with Crippen LogP contribution in [0.3, 0.4) is 0 Å². The molecule has 0 amide bonds. The first-order valence-corrected chi connectivity index (χ1v) is 49.0. The minimum atomic E-state index is -4.27. The average Bonchev–Trinajstić information content (AvgIpc) is 0.896. The number of carboxylic acid groups (broad SMARTS) is 3. The lowest BCUT2D eigenvalue weighted by Crippen LogP contribution is -3.09. The van der Waals surface area contributed by atoms with Crippen molar-refractivity contribution in [3.8, 4) is 0 Å². The molecule has 0 fully saturated rings. The van der Waals surface area contributed by atoms with E-state index in [1.807, 2.05) is 63.4 Å². The third-order valence-corrected chi connectivity index (χ3v) is 20.5. The first kappa shape index (κ1) is 136. The van der Waals surface area contributed by atoms with Gasteiger partial charge in [-0.25, -0.2) is 47.5 Å². The molecule has 0 aliphatic heterocycles. The van der Waals surface area contributed by atoms with Crippen molar-refractivity contribution >= 4 is 89.5 Å². The van der Waals surface area contributed by atoms with E-state index in [1.165, 1.54) is 57.8 Å². The standard InChI is InChI=1S/C15H33NO4S.C12H27NO4S.C8H19NO4S.C7H17NO4S.C7H16O6S.2C6H13NO3.C4H9NO2.C2H7NO4S.O3S/c1-4-5-6-7-8-9-11-14-20-16(2,3)13-10-12-15-21(17,18)19;1-4-5-6-8-11-17-13(2,3)10-7-9-12-18(14,15)16;1-9(2,6-7-10)5-3-4-8-14(11,12)13;1-8(2,5-6-9)4-3-7-13(10,11)12;8-4-7(5-9,6-10)2-1-3-14(11,12)13;1-7(2,3-4-8)5-6(9)10;1-7(4-5-8)3-2-6(9)10;1-2-3(5)4(6)7;3-1-2-7-8(4,5)6;1-4(2)3/h4-15H2,1-3H3;4-12H2,1-3H3;10H,3-8H2,1-2H3;9H,3-7H2,1-2H3;8-10H,1-6H2,(H,11,12,13);8H,3-5H2,1-2H3;8H,2-5H2,1H3,(H,9,10);3H,2,5H2,1H3,(H,6,7);1-3H2,(H,4,5,6);. The normalized spacial score (nSPS) is 12.6. The fraction of sp³-hybridized carbons (Fsp3) is 0.955.